The number of likely N-dealkylation sites (tertiary alicyclic amines) is 2. The van der Waals surface area contributed by atoms with Crippen LogP contribution in [0.1, 0.15) is 35.3 Å². The highest BCUT2D eigenvalue weighted by molar-refractivity contribution is 5.93. The summed E-state index contributed by atoms with van der Waals surface area (Å²) in [6.45, 7) is 2.88. The van der Waals surface area contributed by atoms with E-state index in [1.807, 2.05) is 28.1 Å². The monoisotopic (exact) mass is 397 g/mol. The molecule has 0 bridgehead atoms. The molecule has 0 aliphatic carbocycles. The Morgan fingerprint density at radius 2 is 1.97 bits per heavy atom. The smallest absolute Gasteiger partial charge is 0.274 e. The first kappa shape index (κ1) is 19.4. The summed E-state index contributed by atoms with van der Waals surface area (Å²) < 4.78 is 6.78. The van der Waals surface area contributed by atoms with Crippen LogP contribution < -0.4 is 4.74 Å². The molecule has 1 atom stereocenters. The molecule has 2 aromatic rings. The quantitative estimate of drug-likeness (QED) is 0.764. The third kappa shape index (κ3) is 3.97. The van der Waals surface area contributed by atoms with Crippen molar-refractivity contribution >= 4 is 11.8 Å². The summed E-state index contributed by atoms with van der Waals surface area (Å²) in [6, 6.07) is 5.57. The third-order valence-electron chi connectivity index (χ3n) is 6.13. The van der Waals surface area contributed by atoms with Crippen LogP contribution in [0.5, 0.6) is 5.88 Å². The summed E-state index contributed by atoms with van der Waals surface area (Å²) in [6.07, 6.45) is 6.63. The average molecular weight is 397 g/mol. The van der Waals surface area contributed by atoms with Crippen molar-refractivity contribution in [2.75, 3.05) is 33.3 Å². The second kappa shape index (κ2) is 7.85. The number of carbonyl (C=O) groups is 2. The van der Waals surface area contributed by atoms with Crippen LogP contribution in [0, 0.1) is 5.41 Å². The van der Waals surface area contributed by atoms with E-state index in [-0.39, 0.29) is 17.2 Å². The highest BCUT2D eigenvalue weighted by atomic mass is 16.5. The van der Waals surface area contributed by atoms with Gasteiger partial charge in [-0.15, -0.1) is 0 Å². The molecule has 2 saturated heterocycles. The van der Waals surface area contributed by atoms with E-state index in [4.69, 9.17) is 4.74 Å². The van der Waals surface area contributed by atoms with E-state index >= 15 is 0 Å². The molecular weight excluding hydrogens is 370 g/mol. The summed E-state index contributed by atoms with van der Waals surface area (Å²) in [5.41, 5.74) is 1.50. The minimum Gasteiger partial charge on any atom is -0.481 e. The standard InChI is InChI=1S/C21H27N5O3/c1-24-19(29-2)12-17(23-24)20(28)26-11-8-21(15-26)7-10-25(14-21)18(27)6-5-16-4-3-9-22-13-16/h3-4,9,12-13H,5-8,10-11,14-15H2,1-2H3. The lowest BCUT2D eigenvalue weighted by Crippen LogP contribution is -2.36. The number of ether oxygens (including phenoxy) is 1. The number of amides is 2. The number of hydrogen-bond donors (Lipinski definition) is 0. The molecule has 0 radical (unpaired) electrons. The Morgan fingerprint density at radius 3 is 2.66 bits per heavy atom. The van der Waals surface area contributed by atoms with Crippen molar-refractivity contribution in [1.82, 2.24) is 24.6 Å². The van der Waals surface area contributed by atoms with Gasteiger partial charge in [0.25, 0.3) is 5.91 Å². The first-order valence-corrected chi connectivity index (χ1v) is 10.0. The molecule has 8 heteroatoms. The minimum atomic E-state index is -0.0675. The maximum atomic E-state index is 12.9. The van der Waals surface area contributed by atoms with Crippen LogP contribution in [-0.4, -0.2) is 69.7 Å². The molecule has 2 aromatic heterocycles. The molecule has 2 fully saturated rings. The lowest BCUT2D eigenvalue weighted by atomic mass is 9.86. The van der Waals surface area contributed by atoms with Gasteiger partial charge in [0.1, 0.15) is 0 Å². The highest BCUT2D eigenvalue weighted by Gasteiger charge is 2.46. The van der Waals surface area contributed by atoms with Crippen molar-refractivity contribution in [2.45, 2.75) is 25.7 Å². The number of rotatable bonds is 5. The Bertz CT molecular complexity index is 897. The summed E-state index contributed by atoms with van der Waals surface area (Å²) in [4.78, 5) is 33.5. The number of hydrogen-bond acceptors (Lipinski definition) is 5. The number of aromatic nitrogens is 3. The zero-order valence-electron chi connectivity index (χ0n) is 17.0. The summed E-state index contributed by atoms with van der Waals surface area (Å²) in [7, 11) is 3.32. The second-order valence-corrected chi connectivity index (χ2v) is 8.10. The predicted molar refractivity (Wildman–Crippen MR) is 106 cm³/mol. The van der Waals surface area contributed by atoms with E-state index in [9.17, 15) is 9.59 Å². The van der Waals surface area contributed by atoms with Crippen LogP contribution in [-0.2, 0) is 18.3 Å². The molecule has 2 aliphatic rings. The Hall–Kier alpha value is -2.90. The molecule has 0 aromatic carbocycles. The van der Waals surface area contributed by atoms with Crippen LogP contribution in [0.2, 0.25) is 0 Å². The number of pyridine rings is 1. The maximum absolute atomic E-state index is 12.9. The van der Waals surface area contributed by atoms with Crippen molar-refractivity contribution in [3.05, 3.63) is 41.9 Å². The molecule has 0 saturated carbocycles. The largest absolute Gasteiger partial charge is 0.481 e. The fourth-order valence-corrected chi connectivity index (χ4v) is 4.45. The van der Waals surface area contributed by atoms with Crippen LogP contribution in [0.4, 0.5) is 0 Å². The second-order valence-electron chi connectivity index (χ2n) is 8.10. The van der Waals surface area contributed by atoms with Gasteiger partial charge in [-0.1, -0.05) is 6.07 Å². The number of methoxy groups -OCH3 is 1. The van der Waals surface area contributed by atoms with Gasteiger partial charge in [0.2, 0.25) is 11.8 Å². The molecule has 4 rings (SSSR count). The molecule has 154 valence electrons. The molecule has 4 heterocycles. The van der Waals surface area contributed by atoms with Crippen molar-refractivity contribution in [2.24, 2.45) is 12.5 Å². The van der Waals surface area contributed by atoms with Gasteiger partial charge in [0.05, 0.1) is 7.11 Å². The van der Waals surface area contributed by atoms with Crippen molar-refractivity contribution in [3.8, 4) is 5.88 Å². The fourth-order valence-electron chi connectivity index (χ4n) is 4.45. The molecule has 1 unspecified atom stereocenters. The van der Waals surface area contributed by atoms with Gasteiger partial charge in [0, 0.05) is 63.5 Å². The Kier molecular flexibility index (Phi) is 5.25. The Labute approximate surface area is 170 Å². The molecule has 2 amide bonds. The van der Waals surface area contributed by atoms with Crippen LogP contribution in [0.3, 0.4) is 0 Å². The molecule has 0 N–H and O–H groups in total. The third-order valence-corrected chi connectivity index (χ3v) is 6.13. The van der Waals surface area contributed by atoms with Crippen molar-refractivity contribution < 1.29 is 14.3 Å². The van der Waals surface area contributed by atoms with Gasteiger partial charge in [-0.25, -0.2) is 4.68 Å². The lowest BCUT2D eigenvalue weighted by Gasteiger charge is -2.24. The van der Waals surface area contributed by atoms with Crippen molar-refractivity contribution in [3.63, 3.8) is 0 Å². The maximum Gasteiger partial charge on any atom is 0.274 e. The lowest BCUT2D eigenvalue weighted by molar-refractivity contribution is -0.130. The van der Waals surface area contributed by atoms with Gasteiger partial charge < -0.3 is 14.5 Å². The first-order valence-electron chi connectivity index (χ1n) is 10.0. The Balaban J connectivity index is 1.33. The number of nitrogens with zero attached hydrogens (tertiary/aromatic N) is 5. The van der Waals surface area contributed by atoms with E-state index in [0.29, 0.717) is 37.5 Å². The van der Waals surface area contributed by atoms with Crippen LogP contribution in [0.25, 0.3) is 0 Å². The fraction of sp³-hybridized carbons (Fsp3) is 0.524. The zero-order chi connectivity index (χ0) is 20.4. The Morgan fingerprint density at radius 1 is 1.21 bits per heavy atom. The van der Waals surface area contributed by atoms with E-state index in [1.54, 1.807) is 31.1 Å². The normalized spacial score (nSPS) is 21.2. The minimum absolute atomic E-state index is 0.0124. The van der Waals surface area contributed by atoms with Gasteiger partial charge in [-0.2, -0.15) is 5.10 Å². The average Bonchev–Trinajstić information content (AvgIpc) is 3.45. The van der Waals surface area contributed by atoms with E-state index < -0.39 is 0 Å². The molecule has 29 heavy (non-hydrogen) atoms. The van der Waals surface area contributed by atoms with E-state index in [0.717, 1.165) is 31.5 Å². The van der Waals surface area contributed by atoms with Gasteiger partial charge in [-0.3, -0.25) is 14.6 Å². The number of carbonyl (C=O) groups excluding carboxylic acids is 2. The summed E-state index contributed by atoms with van der Waals surface area (Å²) >= 11 is 0. The van der Waals surface area contributed by atoms with E-state index in [2.05, 4.69) is 10.1 Å². The number of aryl methyl sites for hydroxylation is 2. The molecule has 1 spiro atoms. The van der Waals surface area contributed by atoms with Gasteiger partial charge in [0.15, 0.2) is 5.69 Å². The van der Waals surface area contributed by atoms with Crippen molar-refractivity contribution in [1.29, 1.82) is 0 Å². The summed E-state index contributed by atoms with van der Waals surface area (Å²) in [5.74, 6) is 0.681. The molecular formula is C21H27N5O3. The SMILES string of the molecule is COc1cc(C(=O)N2CCC3(CCN(C(=O)CCc4cccnc4)C3)C2)nn1C. The van der Waals surface area contributed by atoms with E-state index in [1.165, 1.54) is 0 Å². The van der Waals surface area contributed by atoms with Gasteiger partial charge >= 0.3 is 0 Å². The predicted octanol–water partition coefficient (Wildman–Crippen LogP) is 1.52. The molecule has 8 nitrogen and oxygen atoms in total. The molecule has 2 aliphatic heterocycles. The zero-order valence-corrected chi connectivity index (χ0v) is 17.0. The van der Waals surface area contributed by atoms with Crippen LogP contribution >= 0.6 is 0 Å². The first-order chi connectivity index (χ1) is 14.0. The highest BCUT2D eigenvalue weighted by Crippen LogP contribution is 2.40. The summed E-state index contributed by atoms with van der Waals surface area (Å²) in [5, 5.41) is 4.27. The van der Waals surface area contributed by atoms with Gasteiger partial charge in [-0.05, 0) is 30.9 Å². The van der Waals surface area contributed by atoms with Crippen LogP contribution in [0.15, 0.2) is 30.6 Å². The topological polar surface area (TPSA) is 80.6 Å².